The number of carbonyl (C=O) groups is 2. The average molecular weight is 275 g/mol. The number of nitrogens with one attached hydrogen (secondary N) is 1. The number of carbonyl (C=O) groups excluding carboxylic acids is 2. The molecule has 0 spiro atoms. The van der Waals surface area contributed by atoms with Crippen molar-refractivity contribution in [1.29, 1.82) is 0 Å². The van der Waals surface area contributed by atoms with Crippen LogP contribution in [-0.2, 0) is 0 Å². The smallest absolute Gasteiger partial charge is 0.251 e. The predicted molar refractivity (Wildman–Crippen MR) is 76.7 cm³/mol. The maximum atomic E-state index is 12.2. The van der Waals surface area contributed by atoms with Gasteiger partial charge in [-0.15, -0.1) is 0 Å². The van der Waals surface area contributed by atoms with Gasteiger partial charge in [0.15, 0.2) is 5.78 Å². The summed E-state index contributed by atoms with van der Waals surface area (Å²) in [5, 5.41) is 12.4. The Morgan fingerprint density at radius 2 is 1.80 bits per heavy atom. The zero-order valence-corrected chi connectivity index (χ0v) is 11.9. The predicted octanol–water partition coefficient (Wildman–Crippen LogP) is 2.17. The first-order valence-electron chi connectivity index (χ1n) is 7.11. The van der Waals surface area contributed by atoms with E-state index in [2.05, 4.69) is 5.32 Å². The van der Waals surface area contributed by atoms with Crippen LogP contribution in [0.15, 0.2) is 24.3 Å². The van der Waals surface area contributed by atoms with Gasteiger partial charge in [0.2, 0.25) is 0 Å². The monoisotopic (exact) mass is 275 g/mol. The molecule has 0 saturated heterocycles. The number of Topliss-reactive ketones (excluding diaryl/α,β-unsaturated/α-hetero) is 1. The van der Waals surface area contributed by atoms with Gasteiger partial charge in [-0.1, -0.05) is 19.1 Å². The first kappa shape index (κ1) is 14.7. The lowest BCUT2D eigenvalue weighted by Gasteiger charge is -2.37. The van der Waals surface area contributed by atoms with E-state index in [4.69, 9.17) is 0 Å². The summed E-state index contributed by atoms with van der Waals surface area (Å²) in [7, 11) is 0. The van der Waals surface area contributed by atoms with Gasteiger partial charge in [0, 0.05) is 17.2 Å². The van der Waals surface area contributed by atoms with Gasteiger partial charge in [-0.3, -0.25) is 9.59 Å². The van der Waals surface area contributed by atoms with Gasteiger partial charge in [-0.25, -0.2) is 0 Å². The number of rotatable bonds is 5. The molecule has 0 radical (unpaired) electrons. The van der Waals surface area contributed by atoms with Crippen molar-refractivity contribution in [2.45, 2.75) is 45.3 Å². The summed E-state index contributed by atoms with van der Waals surface area (Å²) < 4.78 is 0. The van der Waals surface area contributed by atoms with Gasteiger partial charge in [0.05, 0.1) is 6.10 Å². The molecule has 4 nitrogen and oxygen atoms in total. The second-order valence-electron chi connectivity index (χ2n) is 5.51. The van der Waals surface area contributed by atoms with Crippen molar-refractivity contribution >= 4 is 11.7 Å². The third kappa shape index (κ3) is 3.25. The van der Waals surface area contributed by atoms with Crippen molar-refractivity contribution in [2.75, 3.05) is 0 Å². The molecule has 1 aliphatic carbocycles. The summed E-state index contributed by atoms with van der Waals surface area (Å²) in [5.41, 5.74) is 1.17. The number of amides is 1. The Hall–Kier alpha value is -1.68. The van der Waals surface area contributed by atoms with Crippen LogP contribution >= 0.6 is 0 Å². The topological polar surface area (TPSA) is 66.4 Å². The minimum atomic E-state index is -0.208. The van der Waals surface area contributed by atoms with Crippen molar-refractivity contribution in [3.63, 3.8) is 0 Å². The van der Waals surface area contributed by atoms with Crippen molar-refractivity contribution in [2.24, 2.45) is 5.92 Å². The standard InChI is InChI=1S/C16H21NO3/c1-3-15(13-8-14(19)9-13)17-16(20)12-6-4-11(5-7-12)10(2)18/h4-7,13-15,19H,3,8-9H2,1-2H3,(H,17,20). The molecule has 1 atom stereocenters. The Morgan fingerprint density at radius 1 is 1.25 bits per heavy atom. The first-order valence-corrected chi connectivity index (χ1v) is 7.11. The number of hydrogen-bond acceptors (Lipinski definition) is 3. The fourth-order valence-corrected chi connectivity index (χ4v) is 2.62. The average Bonchev–Trinajstić information content (AvgIpc) is 2.41. The lowest BCUT2D eigenvalue weighted by molar-refractivity contribution is 0.0232. The van der Waals surface area contributed by atoms with E-state index in [0.29, 0.717) is 17.0 Å². The van der Waals surface area contributed by atoms with Crippen LogP contribution in [0.25, 0.3) is 0 Å². The van der Waals surface area contributed by atoms with Crippen LogP contribution in [0, 0.1) is 5.92 Å². The Morgan fingerprint density at radius 3 is 2.25 bits per heavy atom. The number of hydrogen-bond donors (Lipinski definition) is 2. The lowest BCUT2D eigenvalue weighted by Crippen LogP contribution is -2.46. The van der Waals surface area contributed by atoms with Crippen LogP contribution in [0.3, 0.4) is 0 Å². The second-order valence-corrected chi connectivity index (χ2v) is 5.51. The highest BCUT2D eigenvalue weighted by molar-refractivity contribution is 5.97. The molecule has 1 saturated carbocycles. The van der Waals surface area contributed by atoms with Gasteiger partial charge < -0.3 is 10.4 Å². The maximum absolute atomic E-state index is 12.2. The van der Waals surface area contributed by atoms with E-state index in [1.165, 1.54) is 6.92 Å². The Labute approximate surface area is 119 Å². The second kappa shape index (κ2) is 6.18. The molecule has 1 amide bonds. The summed E-state index contributed by atoms with van der Waals surface area (Å²) in [6.07, 6.45) is 2.18. The molecule has 0 aromatic heterocycles. The minimum Gasteiger partial charge on any atom is -0.393 e. The van der Waals surface area contributed by atoms with Crippen molar-refractivity contribution in [1.82, 2.24) is 5.32 Å². The zero-order chi connectivity index (χ0) is 14.7. The normalized spacial score (nSPS) is 22.8. The molecule has 0 heterocycles. The highest BCUT2D eigenvalue weighted by Crippen LogP contribution is 2.31. The summed E-state index contributed by atoms with van der Waals surface area (Å²) in [6, 6.07) is 6.80. The maximum Gasteiger partial charge on any atom is 0.251 e. The molecule has 1 fully saturated rings. The summed E-state index contributed by atoms with van der Waals surface area (Å²) in [6.45, 7) is 3.54. The molecule has 108 valence electrons. The lowest BCUT2D eigenvalue weighted by atomic mass is 9.76. The van der Waals surface area contributed by atoms with Crippen molar-refractivity contribution in [3.8, 4) is 0 Å². The van der Waals surface area contributed by atoms with E-state index in [1.807, 2.05) is 6.92 Å². The van der Waals surface area contributed by atoms with Crippen molar-refractivity contribution in [3.05, 3.63) is 35.4 Å². The van der Waals surface area contributed by atoms with Crippen molar-refractivity contribution < 1.29 is 14.7 Å². The van der Waals surface area contributed by atoms with Crippen LogP contribution in [0.5, 0.6) is 0 Å². The highest BCUT2D eigenvalue weighted by Gasteiger charge is 2.33. The number of ketones is 1. The number of aliphatic hydroxyl groups excluding tert-OH is 1. The third-order valence-electron chi connectivity index (χ3n) is 4.03. The molecule has 2 N–H and O–H groups in total. The molecule has 20 heavy (non-hydrogen) atoms. The van der Waals surface area contributed by atoms with Crippen LogP contribution in [-0.4, -0.2) is 28.9 Å². The fraction of sp³-hybridized carbons (Fsp3) is 0.500. The summed E-state index contributed by atoms with van der Waals surface area (Å²) in [4.78, 5) is 23.4. The Kier molecular flexibility index (Phi) is 4.55. The van der Waals surface area contributed by atoms with E-state index < -0.39 is 0 Å². The Balaban J connectivity index is 1.98. The largest absolute Gasteiger partial charge is 0.393 e. The molecule has 0 aliphatic heterocycles. The van der Waals surface area contributed by atoms with Crippen LogP contribution in [0.1, 0.15) is 53.8 Å². The molecule has 1 aliphatic rings. The fourth-order valence-electron chi connectivity index (χ4n) is 2.62. The van der Waals surface area contributed by atoms with E-state index >= 15 is 0 Å². The third-order valence-corrected chi connectivity index (χ3v) is 4.03. The van der Waals surface area contributed by atoms with Crippen LogP contribution in [0.2, 0.25) is 0 Å². The summed E-state index contributed by atoms with van der Waals surface area (Å²) >= 11 is 0. The molecular weight excluding hydrogens is 254 g/mol. The van der Waals surface area contributed by atoms with Gasteiger partial charge >= 0.3 is 0 Å². The van der Waals surface area contributed by atoms with E-state index in [0.717, 1.165) is 19.3 Å². The van der Waals surface area contributed by atoms with Gasteiger partial charge in [0.25, 0.3) is 5.91 Å². The van der Waals surface area contributed by atoms with Gasteiger partial charge in [-0.2, -0.15) is 0 Å². The van der Waals surface area contributed by atoms with Crippen LogP contribution < -0.4 is 5.32 Å². The molecule has 2 rings (SSSR count). The summed E-state index contributed by atoms with van der Waals surface area (Å²) in [5.74, 6) is 0.246. The SMILES string of the molecule is CCC(NC(=O)c1ccc(C(C)=O)cc1)C1CC(O)C1. The molecule has 0 bridgehead atoms. The highest BCUT2D eigenvalue weighted by atomic mass is 16.3. The van der Waals surface area contributed by atoms with Crippen LogP contribution in [0.4, 0.5) is 0 Å². The van der Waals surface area contributed by atoms with E-state index in [-0.39, 0.29) is 23.8 Å². The molecular formula is C16H21NO3. The molecule has 4 heteroatoms. The van der Waals surface area contributed by atoms with E-state index in [1.54, 1.807) is 24.3 Å². The first-order chi connectivity index (χ1) is 9.51. The van der Waals surface area contributed by atoms with Gasteiger partial charge in [-0.05, 0) is 44.2 Å². The molecule has 1 aromatic carbocycles. The van der Waals surface area contributed by atoms with E-state index in [9.17, 15) is 14.7 Å². The Bertz CT molecular complexity index is 489. The number of benzene rings is 1. The molecule has 1 aromatic rings. The minimum absolute atomic E-state index is 0.00755. The zero-order valence-electron chi connectivity index (χ0n) is 11.9. The quantitative estimate of drug-likeness (QED) is 0.809. The number of aliphatic hydroxyl groups is 1. The molecule has 1 unspecified atom stereocenters. The van der Waals surface area contributed by atoms with Gasteiger partial charge in [0.1, 0.15) is 0 Å².